The highest BCUT2D eigenvalue weighted by Gasteiger charge is 2.14. The largest absolute Gasteiger partial charge is 0.478 e. The number of aryl methyl sites for hydroxylation is 2. The molecule has 0 radical (unpaired) electrons. The quantitative estimate of drug-likeness (QED) is 0.775. The standard InChI is InChI=1S/C15H13N3O2/c1-9-16-10(2)18(17-9)14-8-7-13(15(19)20)11-5-3-4-6-12(11)14/h3-8H,1-2H3,(H,19,20). The molecule has 100 valence electrons. The number of carboxylic acids is 1. The summed E-state index contributed by atoms with van der Waals surface area (Å²) in [6, 6.07) is 10.8. The molecule has 0 bridgehead atoms. The van der Waals surface area contributed by atoms with Crippen LogP contribution in [0.25, 0.3) is 16.5 Å². The van der Waals surface area contributed by atoms with Crippen molar-refractivity contribution >= 4 is 16.7 Å². The van der Waals surface area contributed by atoms with E-state index in [4.69, 9.17) is 0 Å². The van der Waals surface area contributed by atoms with Crippen molar-refractivity contribution in [2.45, 2.75) is 13.8 Å². The zero-order chi connectivity index (χ0) is 14.3. The minimum absolute atomic E-state index is 0.291. The van der Waals surface area contributed by atoms with Gasteiger partial charge in [0, 0.05) is 5.39 Å². The fourth-order valence-corrected chi connectivity index (χ4v) is 2.40. The van der Waals surface area contributed by atoms with Gasteiger partial charge in [-0.05, 0) is 31.4 Å². The van der Waals surface area contributed by atoms with Gasteiger partial charge in [-0.25, -0.2) is 14.5 Å². The molecule has 0 aliphatic carbocycles. The number of hydrogen-bond acceptors (Lipinski definition) is 3. The SMILES string of the molecule is Cc1nc(C)n(-c2ccc(C(=O)O)c3ccccc23)n1. The molecule has 3 aromatic rings. The van der Waals surface area contributed by atoms with E-state index in [0.29, 0.717) is 16.8 Å². The first-order chi connectivity index (χ1) is 9.58. The summed E-state index contributed by atoms with van der Waals surface area (Å²) < 4.78 is 1.74. The molecule has 0 aliphatic rings. The lowest BCUT2D eigenvalue weighted by atomic mass is 10.0. The van der Waals surface area contributed by atoms with Crippen LogP contribution in [0.15, 0.2) is 36.4 Å². The maximum absolute atomic E-state index is 11.3. The second-order valence-corrected chi connectivity index (χ2v) is 4.60. The number of rotatable bonds is 2. The number of fused-ring (bicyclic) bond motifs is 1. The summed E-state index contributed by atoms with van der Waals surface area (Å²) in [4.78, 5) is 15.6. The molecular formula is C15H13N3O2. The molecule has 2 aromatic carbocycles. The van der Waals surface area contributed by atoms with Crippen LogP contribution in [0.5, 0.6) is 0 Å². The Balaban J connectivity index is 2.36. The summed E-state index contributed by atoms with van der Waals surface area (Å²) in [5.74, 6) is 0.531. The molecule has 0 fully saturated rings. The summed E-state index contributed by atoms with van der Waals surface area (Å²) in [5, 5.41) is 15.2. The molecule has 0 spiro atoms. The zero-order valence-corrected chi connectivity index (χ0v) is 11.2. The van der Waals surface area contributed by atoms with Gasteiger partial charge in [0.15, 0.2) is 0 Å². The van der Waals surface area contributed by atoms with Crippen molar-refractivity contribution < 1.29 is 9.90 Å². The van der Waals surface area contributed by atoms with E-state index in [0.717, 1.165) is 16.9 Å². The molecule has 0 saturated heterocycles. The summed E-state index contributed by atoms with van der Waals surface area (Å²) in [6.07, 6.45) is 0. The fraction of sp³-hybridized carbons (Fsp3) is 0.133. The molecule has 1 aromatic heterocycles. The highest BCUT2D eigenvalue weighted by atomic mass is 16.4. The number of carboxylic acid groups (broad SMARTS) is 1. The Labute approximate surface area is 115 Å². The number of hydrogen-bond donors (Lipinski definition) is 1. The van der Waals surface area contributed by atoms with Gasteiger partial charge in [-0.1, -0.05) is 24.3 Å². The van der Waals surface area contributed by atoms with Crippen LogP contribution in [0, 0.1) is 13.8 Å². The predicted octanol–water partition coefficient (Wildman–Crippen LogP) is 2.74. The molecule has 0 saturated carbocycles. The molecule has 1 N–H and O–H groups in total. The van der Waals surface area contributed by atoms with E-state index in [1.165, 1.54) is 0 Å². The Morgan fingerprint density at radius 1 is 1.10 bits per heavy atom. The van der Waals surface area contributed by atoms with Crippen molar-refractivity contribution in [3.8, 4) is 5.69 Å². The molecule has 5 nitrogen and oxygen atoms in total. The average Bonchev–Trinajstić information content (AvgIpc) is 2.76. The zero-order valence-electron chi connectivity index (χ0n) is 11.2. The summed E-state index contributed by atoms with van der Waals surface area (Å²) in [6.45, 7) is 3.71. The summed E-state index contributed by atoms with van der Waals surface area (Å²) in [7, 11) is 0. The average molecular weight is 267 g/mol. The summed E-state index contributed by atoms with van der Waals surface area (Å²) >= 11 is 0. The topological polar surface area (TPSA) is 68.0 Å². The van der Waals surface area contributed by atoms with Gasteiger partial charge in [0.2, 0.25) is 0 Å². The van der Waals surface area contributed by atoms with Crippen molar-refractivity contribution in [2.24, 2.45) is 0 Å². The second kappa shape index (κ2) is 4.45. The number of aromatic nitrogens is 3. The molecule has 0 atom stereocenters. The number of nitrogens with zero attached hydrogens (tertiary/aromatic N) is 3. The third-order valence-electron chi connectivity index (χ3n) is 3.23. The minimum atomic E-state index is -0.931. The first-order valence-corrected chi connectivity index (χ1v) is 6.23. The van der Waals surface area contributed by atoms with Crippen LogP contribution < -0.4 is 0 Å². The third kappa shape index (κ3) is 1.84. The minimum Gasteiger partial charge on any atom is -0.478 e. The van der Waals surface area contributed by atoms with E-state index in [1.54, 1.807) is 22.9 Å². The third-order valence-corrected chi connectivity index (χ3v) is 3.23. The smallest absolute Gasteiger partial charge is 0.336 e. The molecular weight excluding hydrogens is 254 g/mol. The van der Waals surface area contributed by atoms with Gasteiger partial charge in [-0.15, -0.1) is 0 Å². The maximum atomic E-state index is 11.3. The Morgan fingerprint density at radius 3 is 2.40 bits per heavy atom. The molecule has 0 amide bonds. The molecule has 1 heterocycles. The van der Waals surface area contributed by atoms with E-state index in [2.05, 4.69) is 10.1 Å². The van der Waals surface area contributed by atoms with E-state index in [-0.39, 0.29) is 0 Å². The number of benzene rings is 2. The van der Waals surface area contributed by atoms with Gasteiger partial charge >= 0.3 is 5.97 Å². The lowest BCUT2D eigenvalue weighted by Crippen LogP contribution is -2.03. The predicted molar refractivity (Wildman–Crippen MR) is 75.3 cm³/mol. The van der Waals surface area contributed by atoms with Gasteiger partial charge in [-0.2, -0.15) is 5.10 Å². The van der Waals surface area contributed by atoms with Crippen molar-refractivity contribution in [1.29, 1.82) is 0 Å². The van der Waals surface area contributed by atoms with Crippen LogP contribution in [0.1, 0.15) is 22.0 Å². The van der Waals surface area contributed by atoms with Gasteiger partial charge in [0.05, 0.1) is 11.3 Å². The number of carbonyl (C=O) groups is 1. The molecule has 20 heavy (non-hydrogen) atoms. The van der Waals surface area contributed by atoms with Crippen molar-refractivity contribution in [3.63, 3.8) is 0 Å². The highest BCUT2D eigenvalue weighted by Crippen LogP contribution is 2.26. The lowest BCUT2D eigenvalue weighted by molar-refractivity contribution is 0.0699. The van der Waals surface area contributed by atoms with Crippen LogP contribution in [0.2, 0.25) is 0 Å². The van der Waals surface area contributed by atoms with Crippen molar-refractivity contribution in [1.82, 2.24) is 14.8 Å². The molecule has 5 heteroatoms. The highest BCUT2D eigenvalue weighted by molar-refractivity contribution is 6.06. The Morgan fingerprint density at radius 2 is 1.80 bits per heavy atom. The van der Waals surface area contributed by atoms with E-state index < -0.39 is 5.97 Å². The molecule has 3 rings (SSSR count). The Hall–Kier alpha value is -2.69. The van der Waals surface area contributed by atoms with E-state index >= 15 is 0 Å². The Kier molecular flexibility index (Phi) is 2.75. The first kappa shape index (κ1) is 12.3. The van der Waals surface area contributed by atoms with E-state index in [9.17, 15) is 9.90 Å². The van der Waals surface area contributed by atoms with Gasteiger partial charge in [-0.3, -0.25) is 0 Å². The first-order valence-electron chi connectivity index (χ1n) is 6.23. The van der Waals surface area contributed by atoms with Crippen LogP contribution in [-0.2, 0) is 0 Å². The monoisotopic (exact) mass is 267 g/mol. The normalized spacial score (nSPS) is 10.9. The molecule has 0 unspecified atom stereocenters. The summed E-state index contributed by atoms with van der Waals surface area (Å²) in [5.41, 5.74) is 1.13. The maximum Gasteiger partial charge on any atom is 0.336 e. The van der Waals surface area contributed by atoms with Gasteiger partial charge in [0.25, 0.3) is 0 Å². The van der Waals surface area contributed by atoms with Crippen LogP contribution in [0.4, 0.5) is 0 Å². The van der Waals surface area contributed by atoms with Gasteiger partial charge < -0.3 is 5.11 Å². The molecule has 0 aliphatic heterocycles. The van der Waals surface area contributed by atoms with Gasteiger partial charge in [0.1, 0.15) is 11.6 Å². The lowest BCUT2D eigenvalue weighted by Gasteiger charge is -2.09. The Bertz CT molecular complexity index is 821. The van der Waals surface area contributed by atoms with E-state index in [1.807, 2.05) is 32.0 Å². The van der Waals surface area contributed by atoms with Crippen LogP contribution in [-0.4, -0.2) is 25.8 Å². The number of aromatic carboxylic acids is 1. The van der Waals surface area contributed by atoms with Crippen molar-refractivity contribution in [3.05, 3.63) is 53.6 Å². The van der Waals surface area contributed by atoms with Crippen LogP contribution in [0.3, 0.4) is 0 Å². The van der Waals surface area contributed by atoms with Crippen LogP contribution >= 0.6 is 0 Å². The fourth-order valence-electron chi connectivity index (χ4n) is 2.40. The van der Waals surface area contributed by atoms with Crippen molar-refractivity contribution in [2.75, 3.05) is 0 Å². The second-order valence-electron chi connectivity index (χ2n) is 4.60.